The van der Waals surface area contributed by atoms with Crippen molar-refractivity contribution in [1.29, 1.82) is 0 Å². The molecule has 0 spiro atoms. The lowest BCUT2D eigenvalue weighted by Gasteiger charge is -2.05. The van der Waals surface area contributed by atoms with Gasteiger partial charge in [-0.3, -0.25) is 9.59 Å². The number of anilines is 1. The van der Waals surface area contributed by atoms with Crippen LogP contribution >= 0.6 is 23.5 Å². The van der Waals surface area contributed by atoms with Crippen molar-refractivity contribution in [2.75, 3.05) is 23.8 Å². The molecule has 0 unspecified atom stereocenters. The highest BCUT2D eigenvalue weighted by Gasteiger charge is 2.05. The fraction of sp³-hybridized carbons (Fsp3) is 0.267. The van der Waals surface area contributed by atoms with Crippen molar-refractivity contribution >= 4 is 35.2 Å². The molecule has 0 atom stereocenters. The smallest absolute Gasteiger partial charge is 0.253 e. The minimum Gasteiger partial charge on any atom is -0.383 e. The molecule has 0 fully saturated rings. The van der Waals surface area contributed by atoms with Crippen LogP contribution in [0.4, 0.5) is 5.82 Å². The van der Waals surface area contributed by atoms with Gasteiger partial charge in [-0.1, -0.05) is 30.0 Å². The van der Waals surface area contributed by atoms with Crippen molar-refractivity contribution in [2.24, 2.45) is 0 Å². The summed E-state index contributed by atoms with van der Waals surface area (Å²) in [5.41, 5.74) is 5.16. The molecule has 0 saturated carbocycles. The quantitative estimate of drug-likeness (QED) is 0.381. The van der Waals surface area contributed by atoms with Gasteiger partial charge < -0.3 is 16.0 Å². The highest BCUT2D eigenvalue weighted by Crippen LogP contribution is 2.17. The molecular weight excluding hydrogens is 332 g/mol. The first kappa shape index (κ1) is 17.4. The summed E-state index contributed by atoms with van der Waals surface area (Å²) in [7, 11) is 0. The first-order valence-corrected chi connectivity index (χ1v) is 9.05. The zero-order chi connectivity index (χ0) is 16.5. The summed E-state index contributed by atoms with van der Waals surface area (Å²) in [6.07, 6.45) is 0.892. The molecule has 23 heavy (non-hydrogen) atoms. The molecule has 0 aliphatic carbocycles. The number of thioether (sulfide) groups is 2. The third-order valence-corrected chi connectivity index (χ3v) is 4.71. The highest BCUT2D eigenvalue weighted by atomic mass is 32.2. The van der Waals surface area contributed by atoms with Crippen molar-refractivity contribution in [1.82, 2.24) is 15.3 Å². The number of nitrogen functional groups attached to an aromatic ring is 1. The van der Waals surface area contributed by atoms with Crippen molar-refractivity contribution in [3.05, 3.63) is 46.8 Å². The van der Waals surface area contributed by atoms with Gasteiger partial charge in [0.1, 0.15) is 5.82 Å². The maximum atomic E-state index is 11.7. The van der Waals surface area contributed by atoms with Gasteiger partial charge in [-0.25, -0.2) is 4.98 Å². The van der Waals surface area contributed by atoms with E-state index < -0.39 is 0 Å². The molecule has 1 amide bonds. The number of aromatic nitrogens is 2. The third-order valence-electron chi connectivity index (χ3n) is 2.73. The minimum atomic E-state index is -0.321. The van der Waals surface area contributed by atoms with Gasteiger partial charge in [-0.05, 0) is 24.3 Å². The van der Waals surface area contributed by atoms with Gasteiger partial charge in [-0.2, -0.15) is 0 Å². The van der Waals surface area contributed by atoms with Crippen LogP contribution in [-0.4, -0.2) is 33.9 Å². The van der Waals surface area contributed by atoms with Crippen molar-refractivity contribution in [3.63, 3.8) is 0 Å². The molecule has 8 heteroatoms. The zero-order valence-corrected chi connectivity index (χ0v) is 14.1. The highest BCUT2D eigenvalue weighted by molar-refractivity contribution is 7.99. The molecule has 0 bridgehead atoms. The van der Waals surface area contributed by atoms with E-state index in [1.807, 2.05) is 18.2 Å². The number of hydrogen-bond acceptors (Lipinski definition) is 6. The molecular formula is C15H18N4O2S2. The Hall–Kier alpha value is -1.93. The molecule has 1 heterocycles. The van der Waals surface area contributed by atoms with Crippen molar-refractivity contribution in [2.45, 2.75) is 16.5 Å². The van der Waals surface area contributed by atoms with Gasteiger partial charge >= 0.3 is 0 Å². The number of rotatable bonds is 8. The summed E-state index contributed by atoms with van der Waals surface area (Å²) in [5, 5.41) is 3.20. The van der Waals surface area contributed by atoms with E-state index in [-0.39, 0.29) is 23.0 Å². The Labute approximate surface area is 142 Å². The van der Waals surface area contributed by atoms with Gasteiger partial charge in [0, 0.05) is 17.5 Å². The first-order valence-electron chi connectivity index (χ1n) is 7.07. The Morgan fingerprint density at radius 3 is 2.78 bits per heavy atom. The average molecular weight is 350 g/mol. The molecule has 4 N–H and O–H groups in total. The van der Waals surface area contributed by atoms with Gasteiger partial charge in [0.05, 0.1) is 5.75 Å². The summed E-state index contributed by atoms with van der Waals surface area (Å²) in [6.45, 7) is 0.625. The van der Waals surface area contributed by atoms with Gasteiger partial charge in [0.2, 0.25) is 5.91 Å². The van der Waals surface area contributed by atoms with E-state index in [0.29, 0.717) is 11.7 Å². The van der Waals surface area contributed by atoms with E-state index in [9.17, 15) is 9.59 Å². The van der Waals surface area contributed by atoms with Gasteiger partial charge in [0.15, 0.2) is 5.16 Å². The predicted octanol–water partition coefficient (Wildman–Crippen LogP) is 1.74. The van der Waals surface area contributed by atoms with Crippen LogP contribution in [0.15, 0.2) is 51.2 Å². The number of nitrogens with two attached hydrogens (primary N) is 1. The van der Waals surface area contributed by atoms with Crippen LogP contribution in [0.1, 0.15) is 6.42 Å². The fourth-order valence-corrected chi connectivity index (χ4v) is 3.30. The fourth-order valence-electron chi connectivity index (χ4n) is 1.71. The number of hydrogen-bond donors (Lipinski definition) is 3. The van der Waals surface area contributed by atoms with Crippen LogP contribution in [0.3, 0.4) is 0 Å². The van der Waals surface area contributed by atoms with Crippen LogP contribution in [0.2, 0.25) is 0 Å². The summed E-state index contributed by atoms with van der Waals surface area (Å²) in [5.74, 6) is 1.19. The normalized spacial score (nSPS) is 10.4. The third kappa shape index (κ3) is 6.79. The number of carbonyl (C=O) groups is 1. The molecule has 122 valence electrons. The van der Waals surface area contributed by atoms with Crippen molar-refractivity contribution < 1.29 is 4.79 Å². The lowest BCUT2D eigenvalue weighted by Crippen LogP contribution is -2.26. The van der Waals surface area contributed by atoms with Crippen LogP contribution in [-0.2, 0) is 4.79 Å². The number of nitrogens with one attached hydrogen (secondary N) is 2. The van der Waals surface area contributed by atoms with E-state index in [1.54, 1.807) is 11.8 Å². The summed E-state index contributed by atoms with van der Waals surface area (Å²) < 4.78 is 0. The summed E-state index contributed by atoms with van der Waals surface area (Å²) in [6, 6.07) is 11.4. The molecule has 2 rings (SSSR count). The Balaban J connectivity index is 1.61. The van der Waals surface area contributed by atoms with E-state index in [4.69, 9.17) is 5.73 Å². The molecule has 2 aromatic rings. The van der Waals surface area contributed by atoms with Gasteiger partial charge in [-0.15, -0.1) is 11.8 Å². The van der Waals surface area contributed by atoms with Crippen LogP contribution in [0.25, 0.3) is 0 Å². The lowest BCUT2D eigenvalue weighted by molar-refractivity contribution is -0.118. The topological polar surface area (TPSA) is 101 Å². The molecule has 0 aliphatic rings. The zero-order valence-electron chi connectivity index (χ0n) is 12.5. The van der Waals surface area contributed by atoms with Gasteiger partial charge in [0.25, 0.3) is 5.56 Å². The molecule has 0 radical (unpaired) electrons. The van der Waals surface area contributed by atoms with Crippen LogP contribution < -0.4 is 16.6 Å². The maximum absolute atomic E-state index is 11.7. The van der Waals surface area contributed by atoms with Crippen molar-refractivity contribution in [3.8, 4) is 0 Å². The minimum absolute atomic E-state index is 0.0928. The van der Waals surface area contributed by atoms with Crippen LogP contribution in [0, 0.1) is 0 Å². The monoisotopic (exact) mass is 350 g/mol. The number of aromatic amines is 1. The Morgan fingerprint density at radius 1 is 1.26 bits per heavy atom. The second-order valence-corrected chi connectivity index (χ2v) is 6.76. The maximum Gasteiger partial charge on any atom is 0.253 e. The molecule has 6 nitrogen and oxygen atoms in total. The number of benzene rings is 1. The second kappa shape index (κ2) is 9.26. The molecule has 0 aliphatic heterocycles. The Kier molecular flexibility index (Phi) is 7.02. The second-order valence-electron chi connectivity index (χ2n) is 4.63. The molecule has 0 saturated heterocycles. The number of amides is 1. The molecule has 1 aromatic carbocycles. The SMILES string of the molecule is Nc1cc(=O)[nH]c(SCC(=O)NCCCSc2ccccc2)n1. The summed E-state index contributed by atoms with van der Waals surface area (Å²) >= 11 is 2.92. The summed E-state index contributed by atoms with van der Waals surface area (Å²) in [4.78, 5) is 30.7. The first-order chi connectivity index (χ1) is 11.1. The standard InChI is InChI=1S/C15H18N4O2S2/c16-12-9-13(20)19-15(18-12)23-10-14(21)17-7-4-8-22-11-5-2-1-3-6-11/h1-3,5-6,9H,4,7-8,10H2,(H,17,21)(H3,16,18,19,20). The average Bonchev–Trinajstić information content (AvgIpc) is 2.53. The van der Waals surface area contributed by atoms with E-state index in [1.165, 1.54) is 11.0 Å². The van der Waals surface area contributed by atoms with E-state index in [0.717, 1.165) is 23.9 Å². The Bertz CT molecular complexity index is 691. The number of H-pyrrole nitrogens is 1. The van der Waals surface area contributed by atoms with Crippen LogP contribution in [0.5, 0.6) is 0 Å². The van der Waals surface area contributed by atoms with E-state index in [2.05, 4.69) is 27.4 Å². The predicted molar refractivity (Wildman–Crippen MR) is 94.8 cm³/mol. The Morgan fingerprint density at radius 2 is 2.04 bits per heavy atom. The lowest BCUT2D eigenvalue weighted by atomic mass is 10.4. The molecule has 1 aromatic heterocycles. The number of carbonyl (C=O) groups excluding carboxylic acids is 1. The largest absolute Gasteiger partial charge is 0.383 e. The number of nitrogens with zero attached hydrogens (tertiary/aromatic N) is 1. The van der Waals surface area contributed by atoms with E-state index >= 15 is 0 Å².